The molecule has 1 aromatic heterocycles. The third-order valence-corrected chi connectivity index (χ3v) is 5.64. The molecular weight excluding hydrogens is 378 g/mol. The summed E-state index contributed by atoms with van der Waals surface area (Å²) in [5.41, 5.74) is 3.69. The van der Waals surface area contributed by atoms with Crippen molar-refractivity contribution in [3.63, 3.8) is 0 Å². The SMILES string of the molecule is O=C1Cc2ccccc2C(c2ccccc2)=NC1Nc1nnc(C2CCNCC2)o1. The van der Waals surface area contributed by atoms with Gasteiger partial charge in [0.15, 0.2) is 11.9 Å². The molecule has 2 N–H and O–H groups in total. The number of fused-ring (bicyclic) bond motifs is 1. The maximum atomic E-state index is 13.0. The van der Waals surface area contributed by atoms with Crippen molar-refractivity contribution in [1.29, 1.82) is 0 Å². The van der Waals surface area contributed by atoms with Gasteiger partial charge >= 0.3 is 6.01 Å². The molecule has 1 atom stereocenters. The van der Waals surface area contributed by atoms with Crippen LogP contribution in [0.25, 0.3) is 0 Å². The third-order valence-electron chi connectivity index (χ3n) is 5.64. The number of Topliss-reactive ketones (excluding diaryl/α,β-unsaturated/α-hetero) is 1. The lowest BCUT2D eigenvalue weighted by molar-refractivity contribution is -0.119. The number of ketones is 1. The number of piperidine rings is 1. The van der Waals surface area contributed by atoms with Crippen LogP contribution < -0.4 is 10.6 Å². The average Bonchev–Trinajstić information content (AvgIpc) is 3.21. The Kier molecular flexibility index (Phi) is 5.11. The van der Waals surface area contributed by atoms with Crippen molar-refractivity contribution in [2.24, 2.45) is 4.99 Å². The van der Waals surface area contributed by atoms with Gasteiger partial charge in [0.2, 0.25) is 5.89 Å². The molecule has 3 heterocycles. The van der Waals surface area contributed by atoms with Crippen LogP contribution in [0, 0.1) is 0 Å². The van der Waals surface area contributed by atoms with Crippen molar-refractivity contribution >= 4 is 17.5 Å². The van der Waals surface area contributed by atoms with E-state index in [1.807, 2.05) is 54.6 Å². The van der Waals surface area contributed by atoms with Gasteiger partial charge in [0.05, 0.1) is 5.71 Å². The molecule has 2 aromatic carbocycles. The zero-order chi connectivity index (χ0) is 20.3. The summed E-state index contributed by atoms with van der Waals surface area (Å²) in [5, 5.41) is 14.7. The van der Waals surface area contributed by atoms with E-state index in [4.69, 9.17) is 9.41 Å². The van der Waals surface area contributed by atoms with Gasteiger partial charge in [-0.25, -0.2) is 0 Å². The van der Waals surface area contributed by atoms with Crippen LogP contribution in [0.4, 0.5) is 6.01 Å². The first kappa shape index (κ1) is 18.7. The highest BCUT2D eigenvalue weighted by molar-refractivity contribution is 6.16. The van der Waals surface area contributed by atoms with E-state index in [1.54, 1.807) is 0 Å². The molecule has 1 saturated heterocycles. The number of aliphatic imine (C=N–C) groups is 1. The molecule has 2 aliphatic rings. The Hall–Kier alpha value is -3.32. The summed E-state index contributed by atoms with van der Waals surface area (Å²) >= 11 is 0. The van der Waals surface area contributed by atoms with Gasteiger partial charge in [-0.05, 0) is 31.5 Å². The minimum absolute atomic E-state index is 0.0324. The summed E-state index contributed by atoms with van der Waals surface area (Å²) in [7, 11) is 0. The smallest absolute Gasteiger partial charge is 0.317 e. The molecule has 0 spiro atoms. The zero-order valence-electron chi connectivity index (χ0n) is 16.5. The molecule has 3 aromatic rings. The van der Waals surface area contributed by atoms with Gasteiger partial charge in [-0.2, -0.15) is 0 Å². The summed E-state index contributed by atoms with van der Waals surface area (Å²) in [6.45, 7) is 1.89. The van der Waals surface area contributed by atoms with E-state index in [9.17, 15) is 4.79 Å². The number of anilines is 1. The van der Waals surface area contributed by atoms with Crippen molar-refractivity contribution in [3.8, 4) is 0 Å². The lowest BCUT2D eigenvalue weighted by atomic mass is 9.96. The summed E-state index contributed by atoms with van der Waals surface area (Å²) < 4.78 is 5.85. The normalized spacial score (nSPS) is 19.7. The highest BCUT2D eigenvalue weighted by Gasteiger charge is 2.28. The molecule has 0 bridgehead atoms. The number of hydrogen-bond donors (Lipinski definition) is 2. The molecule has 1 fully saturated rings. The predicted octanol–water partition coefficient (Wildman–Crippen LogP) is 2.94. The number of aromatic nitrogens is 2. The van der Waals surface area contributed by atoms with Gasteiger partial charge in [0.1, 0.15) is 0 Å². The standard InChI is InChI=1S/C23H23N5O2/c29-19-14-17-8-4-5-9-18(17)20(15-6-2-1-3-7-15)25-21(19)26-23-28-27-22(30-23)16-10-12-24-13-11-16/h1-9,16,21,24H,10-14H2,(H,26,28). The van der Waals surface area contributed by atoms with Gasteiger partial charge in [0, 0.05) is 23.5 Å². The van der Waals surface area contributed by atoms with Crippen LogP contribution in [-0.2, 0) is 11.2 Å². The van der Waals surface area contributed by atoms with Gasteiger partial charge in [-0.3, -0.25) is 9.79 Å². The van der Waals surface area contributed by atoms with Crippen LogP contribution >= 0.6 is 0 Å². The summed E-state index contributed by atoms with van der Waals surface area (Å²) in [6.07, 6.45) is 1.45. The van der Waals surface area contributed by atoms with Crippen LogP contribution in [-0.4, -0.2) is 40.9 Å². The third kappa shape index (κ3) is 3.76. The first-order valence-corrected chi connectivity index (χ1v) is 10.3. The van der Waals surface area contributed by atoms with Crippen LogP contribution in [0.15, 0.2) is 64.0 Å². The quantitative estimate of drug-likeness (QED) is 0.698. The molecule has 7 nitrogen and oxygen atoms in total. The molecule has 2 aliphatic heterocycles. The maximum Gasteiger partial charge on any atom is 0.317 e. The summed E-state index contributed by atoms with van der Waals surface area (Å²) in [6, 6.07) is 18.1. The molecule has 0 saturated carbocycles. The Balaban J connectivity index is 1.46. The monoisotopic (exact) mass is 401 g/mol. The molecule has 7 heteroatoms. The topological polar surface area (TPSA) is 92.4 Å². The molecule has 152 valence electrons. The van der Waals surface area contributed by atoms with E-state index in [0.29, 0.717) is 12.3 Å². The lowest BCUT2D eigenvalue weighted by Crippen LogP contribution is -2.29. The second-order valence-electron chi connectivity index (χ2n) is 7.66. The highest BCUT2D eigenvalue weighted by Crippen LogP contribution is 2.26. The highest BCUT2D eigenvalue weighted by atomic mass is 16.4. The number of hydrogen-bond acceptors (Lipinski definition) is 7. The molecule has 5 rings (SSSR count). The molecule has 1 unspecified atom stereocenters. The Morgan fingerprint density at radius 1 is 0.967 bits per heavy atom. The number of carbonyl (C=O) groups is 1. The van der Waals surface area contributed by atoms with Gasteiger partial charge in [-0.15, -0.1) is 5.10 Å². The van der Waals surface area contributed by atoms with Crippen molar-refractivity contribution in [1.82, 2.24) is 15.5 Å². The summed E-state index contributed by atoms with van der Waals surface area (Å²) in [4.78, 5) is 17.8. The fourth-order valence-corrected chi connectivity index (χ4v) is 4.04. The van der Waals surface area contributed by atoms with Gasteiger partial charge < -0.3 is 15.1 Å². The number of rotatable bonds is 4. The van der Waals surface area contributed by atoms with E-state index in [1.165, 1.54) is 0 Å². The number of carbonyl (C=O) groups excluding carboxylic acids is 1. The molecule has 0 amide bonds. The van der Waals surface area contributed by atoms with E-state index in [0.717, 1.165) is 48.3 Å². The fourth-order valence-electron chi connectivity index (χ4n) is 4.04. The Labute approximate surface area is 174 Å². The van der Waals surface area contributed by atoms with Crippen molar-refractivity contribution in [3.05, 3.63) is 77.2 Å². The molecule has 0 aliphatic carbocycles. The Bertz CT molecular complexity index is 1070. The van der Waals surface area contributed by atoms with Crippen molar-refractivity contribution in [2.45, 2.75) is 31.3 Å². The van der Waals surface area contributed by atoms with Crippen LogP contribution in [0.3, 0.4) is 0 Å². The summed E-state index contributed by atoms with van der Waals surface area (Å²) in [5.74, 6) is 0.845. The maximum absolute atomic E-state index is 13.0. The van der Waals surface area contributed by atoms with E-state index in [-0.39, 0.29) is 17.7 Å². The van der Waals surface area contributed by atoms with Crippen molar-refractivity contribution in [2.75, 3.05) is 18.4 Å². The predicted molar refractivity (Wildman–Crippen MR) is 114 cm³/mol. The van der Waals surface area contributed by atoms with Crippen molar-refractivity contribution < 1.29 is 9.21 Å². The Morgan fingerprint density at radius 2 is 1.73 bits per heavy atom. The van der Waals surface area contributed by atoms with Crippen LogP contribution in [0.5, 0.6) is 0 Å². The molecular formula is C23H23N5O2. The second-order valence-corrected chi connectivity index (χ2v) is 7.66. The molecule has 30 heavy (non-hydrogen) atoms. The minimum atomic E-state index is -0.783. The van der Waals surface area contributed by atoms with E-state index < -0.39 is 6.17 Å². The number of nitrogens with one attached hydrogen (secondary N) is 2. The van der Waals surface area contributed by atoms with Crippen LogP contribution in [0.1, 0.15) is 41.3 Å². The second kappa shape index (κ2) is 8.20. The van der Waals surface area contributed by atoms with Gasteiger partial charge in [-0.1, -0.05) is 59.7 Å². The van der Waals surface area contributed by atoms with Crippen LogP contribution in [0.2, 0.25) is 0 Å². The largest absolute Gasteiger partial charge is 0.408 e. The first-order valence-electron chi connectivity index (χ1n) is 10.3. The zero-order valence-corrected chi connectivity index (χ0v) is 16.5. The fraction of sp³-hybridized carbons (Fsp3) is 0.304. The minimum Gasteiger partial charge on any atom is -0.408 e. The number of nitrogens with zero attached hydrogens (tertiary/aromatic N) is 3. The first-order chi connectivity index (χ1) is 14.8. The molecule has 0 radical (unpaired) electrons. The Morgan fingerprint density at radius 3 is 2.57 bits per heavy atom. The van der Waals surface area contributed by atoms with Gasteiger partial charge in [0.25, 0.3) is 0 Å². The van der Waals surface area contributed by atoms with E-state index in [2.05, 4.69) is 20.8 Å². The van der Waals surface area contributed by atoms with E-state index >= 15 is 0 Å². The average molecular weight is 401 g/mol. The number of benzene rings is 2. The lowest BCUT2D eigenvalue weighted by Gasteiger charge is -2.18.